The minimum Gasteiger partial charge on any atom is -0.497 e. The zero-order chi connectivity index (χ0) is 19.4. The lowest BCUT2D eigenvalue weighted by molar-refractivity contribution is -0.134. The van der Waals surface area contributed by atoms with Gasteiger partial charge in [-0.1, -0.05) is 13.8 Å². The number of nitrogens with one attached hydrogen (secondary N) is 2. The van der Waals surface area contributed by atoms with Crippen LogP contribution in [0.25, 0.3) is 0 Å². The van der Waals surface area contributed by atoms with Crippen molar-refractivity contribution in [2.24, 2.45) is 17.8 Å². The molecular weight excluding hydrogens is 342 g/mol. The van der Waals surface area contributed by atoms with E-state index in [2.05, 4.69) is 10.6 Å². The first kappa shape index (κ1) is 19.7. The Morgan fingerprint density at radius 3 is 2.22 bits per heavy atom. The van der Waals surface area contributed by atoms with E-state index in [1.807, 2.05) is 18.7 Å². The highest BCUT2D eigenvalue weighted by Gasteiger charge is 2.34. The molecule has 0 aromatic heterocycles. The van der Waals surface area contributed by atoms with E-state index in [1.54, 1.807) is 31.4 Å². The minimum absolute atomic E-state index is 0.0316. The Morgan fingerprint density at radius 2 is 1.70 bits per heavy atom. The van der Waals surface area contributed by atoms with Crippen LogP contribution in [0.5, 0.6) is 5.75 Å². The maximum atomic E-state index is 13.2. The third kappa shape index (κ3) is 4.61. The van der Waals surface area contributed by atoms with Gasteiger partial charge in [-0.25, -0.2) is 0 Å². The van der Waals surface area contributed by atoms with Crippen LogP contribution in [0.1, 0.15) is 37.0 Å². The van der Waals surface area contributed by atoms with Gasteiger partial charge < -0.3 is 20.3 Å². The lowest BCUT2D eigenvalue weighted by atomic mass is 9.92. The average molecular weight is 373 g/mol. The smallest absolute Gasteiger partial charge is 0.251 e. The predicted molar refractivity (Wildman–Crippen MR) is 105 cm³/mol. The van der Waals surface area contributed by atoms with Gasteiger partial charge in [0.2, 0.25) is 5.91 Å². The first-order valence-electron chi connectivity index (χ1n) is 9.94. The summed E-state index contributed by atoms with van der Waals surface area (Å²) in [7, 11) is 1.59. The summed E-state index contributed by atoms with van der Waals surface area (Å²) >= 11 is 0. The molecule has 27 heavy (non-hydrogen) atoms. The summed E-state index contributed by atoms with van der Waals surface area (Å²) in [6.07, 6.45) is 2.08. The molecule has 2 saturated heterocycles. The molecule has 1 aromatic rings. The van der Waals surface area contributed by atoms with Gasteiger partial charge in [-0.3, -0.25) is 9.59 Å². The van der Waals surface area contributed by atoms with Crippen LogP contribution >= 0.6 is 0 Å². The summed E-state index contributed by atoms with van der Waals surface area (Å²) in [6.45, 7) is 7.65. The van der Waals surface area contributed by atoms with E-state index >= 15 is 0 Å². The number of hydrogen-bond acceptors (Lipinski definition) is 4. The number of likely N-dealkylation sites (tertiary alicyclic amines) is 1. The molecule has 1 aromatic carbocycles. The molecular formula is C21H31N3O3. The highest BCUT2D eigenvalue weighted by Crippen LogP contribution is 2.27. The van der Waals surface area contributed by atoms with Gasteiger partial charge in [-0.15, -0.1) is 0 Å². The lowest BCUT2D eigenvalue weighted by Gasteiger charge is -2.29. The molecule has 2 aliphatic heterocycles. The van der Waals surface area contributed by atoms with E-state index in [-0.39, 0.29) is 17.7 Å². The van der Waals surface area contributed by atoms with Gasteiger partial charge in [0.05, 0.1) is 7.11 Å². The van der Waals surface area contributed by atoms with Gasteiger partial charge in [0.25, 0.3) is 5.91 Å². The van der Waals surface area contributed by atoms with Gasteiger partial charge in [0.15, 0.2) is 0 Å². The summed E-state index contributed by atoms with van der Waals surface area (Å²) in [4.78, 5) is 27.8. The molecule has 3 atom stereocenters. The molecule has 1 unspecified atom stereocenters. The number of amides is 2. The normalized spacial score (nSPS) is 23.5. The van der Waals surface area contributed by atoms with Crippen molar-refractivity contribution in [3.8, 4) is 5.75 Å². The van der Waals surface area contributed by atoms with Crippen LogP contribution in [-0.4, -0.2) is 56.0 Å². The number of methoxy groups -OCH3 is 1. The summed E-state index contributed by atoms with van der Waals surface area (Å²) in [5.41, 5.74) is 0.533. The fourth-order valence-electron chi connectivity index (χ4n) is 4.12. The van der Waals surface area contributed by atoms with Crippen LogP contribution in [0.2, 0.25) is 0 Å². The summed E-state index contributed by atoms with van der Waals surface area (Å²) in [5.74, 6) is 1.90. The zero-order valence-corrected chi connectivity index (χ0v) is 16.5. The van der Waals surface area contributed by atoms with E-state index in [9.17, 15) is 9.59 Å². The molecule has 2 amide bonds. The molecule has 148 valence electrons. The van der Waals surface area contributed by atoms with Crippen molar-refractivity contribution in [2.45, 2.75) is 32.7 Å². The monoisotopic (exact) mass is 373 g/mol. The Labute approximate surface area is 161 Å². The molecule has 3 rings (SSSR count). The largest absolute Gasteiger partial charge is 0.497 e. The second-order valence-electron chi connectivity index (χ2n) is 8.00. The topological polar surface area (TPSA) is 70.7 Å². The van der Waals surface area contributed by atoms with Gasteiger partial charge >= 0.3 is 0 Å². The first-order valence-corrected chi connectivity index (χ1v) is 9.94. The molecule has 2 fully saturated rings. The Bertz CT molecular complexity index is 645. The number of fused-ring (bicyclic) bond motifs is 1. The standard InChI is InChI=1S/C21H31N3O3/c1-14(2)19(23-20(25)15-4-6-18(27-3)7-5-15)21(26)24-10-8-16-12-22-13-17(16)9-11-24/h4-7,14,16-17,19,22H,8-13H2,1-3H3,(H,23,25)/t16-,17+,19?. The van der Waals surface area contributed by atoms with Crippen molar-refractivity contribution in [1.82, 2.24) is 15.5 Å². The molecule has 2 N–H and O–H groups in total. The van der Waals surface area contributed by atoms with E-state index in [1.165, 1.54) is 0 Å². The van der Waals surface area contributed by atoms with Gasteiger partial charge in [0, 0.05) is 18.7 Å². The molecule has 0 spiro atoms. The van der Waals surface area contributed by atoms with E-state index in [0.29, 0.717) is 23.1 Å². The highest BCUT2D eigenvalue weighted by atomic mass is 16.5. The summed E-state index contributed by atoms with van der Waals surface area (Å²) in [6, 6.07) is 6.44. The number of rotatable bonds is 5. The molecule has 6 nitrogen and oxygen atoms in total. The zero-order valence-electron chi connectivity index (χ0n) is 16.5. The predicted octanol–water partition coefficient (Wildman–Crippen LogP) is 1.91. The minimum atomic E-state index is -0.504. The van der Waals surface area contributed by atoms with Crippen molar-refractivity contribution in [1.29, 1.82) is 0 Å². The van der Waals surface area contributed by atoms with Crippen LogP contribution in [0.3, 0.4) is 0 Å². The van der Waals surface area contributed by atoms with Crippen LogP contribution in [0.4, 0.5) is 0 Å². The Balaban J connectivity index is 1.65. The van der Waals surface area contributed by atoms with E-state index < -0.39 is 6.04 Å². The Hall–Kier alpha value is -2.08. The highest BCUT2D eigenvalue weighted by molar-refractivity contribution is 5.97. The average Bonchev–Trinajstić information content (AvgIpc) is 3.03. The molecule has 2 heterocycles. The maximum Gasteiger partial charge on any atom is 0.251 e. The van der Waals surface area contributed by atoms with E-state index in [0.717, 1.165) is 39.0 Å². The van der Waals surface area contributed by atoms with Gasteiger partial charge in [0.1, 0.15) is 11.8 Å². The van der Waals surface area contributed by atoms with E-state index in [4.69, 9.17) is 4.74 Å². The lowest BCUT2D eigenvalue weighted by Crippen LogP contribution is -2.51. The summed E-state index contributed by atoms with van der Waals surface area (Å²) in [5, 5.41) is 6.41. The van der Waals surface area contributed by atoms with Crippen molar-refractivity contribution < 1.29 is 14.3 Å². The second-order valence-corrected chi connectivity index (χ2v) is 8.00. The molecule has 0 aliphatic carbocycles. The maximum absolute atomic E-state index is 13.2. The fraction of sp³-hybridized carbons (Fsp3) is 0.619. The molecule has 2 aliphatic rings. The Kier molecular flexibility index (Phi) is 6.37. The first-order chi connectivity index (χ1) is 13.0. The quantitative estimate of drug-likeness (QED) is 0.827. The third-order valence-corrected chi connectivity index (χ3v) is 5.90. The number of nitrogens with zero attached hydrogens (tertiary/aromatic N) is 1. The van der Waals surface area contributed by atoms with Crippen LogP contribution < -0.4 is 15.4 Å². The molecule has 0 bridgehead atoms. The van der Waals surface area contributed by atoms with Crippen molar-refractivity contribution in [3.63, 3.8) is 0 Å². The van der Waals surface area contributed by atoms with Gasteiger partial charge in [-0.05, 0) is 68.0 Å². The number of carbonyl (C=O) groups is 2. The number of ether oxygens (including phenoxy) is 1. The van der Waals surface area contributed by atoms with Gasteiger partial charge in [-0.2, -0.15) is 0 Å². The van der Waals surface area contributed by atoms with Crippen LogP contribution in [0, 0.1) is 17.8 Å². The SMILES string of the molecule is COc1ccc(C(=O)NC(C(=O)N2CC[C@@H]3CNC[C@@H]3CC2)C(C)C)cc1. The fourth-order valence-corrected chi connectivity index (χ4v) is 4.12. The van der Waals surface area contributed by atoms with Crippen molar-refractivity contribution >= 4 is 11.8 Å². The molecule has 0 saturated carbocycles. The summed E-state index contributed by atoms with van der Waals surface area (Å²) < 4.78 is 5.13. The third-order valence-electron chi connectivity index (χ3n) is 5.90. The number of hydrogen-bond donors (Lipinski definition) is 2. The van der Waals surface area contributed by atoms with Crippen LogP contribution in [0.15, 0.2) is 24.3 Å². The Morgan fingerprint density at radius 1 is 1.11 bits per heavy atom. The second kappa shape index (κ2) is 8.74. The number of carbonyl (C=O) groups excluding carboxylic acids is 2. The molecule has 6 heteroatoms. The number of benzene rings is 1. The van der Waals surface area contributed by atoms with Crippen LogP contribution in [-0.2, 0) is 4.79 Å². The molecule has 0 radical (unpaired) electrons. The van der Waals surface area contributed by atoms with Crippen molar-refractivity contribution in [3.05, 3.63) is 29.8 Å². The van der Waals surface area contributed by atoms with Crippen molar-refractivity contribution in [2.75, 3.05) is 33.3 Å².